The molecule has 1 saturated heterocycles. The molecule has 0 radical (unpaired) electrons. The Morgan fingerprint density at radius 2 is 1.27 bits per heavy atom. The van der Waals surface area contributed by atoms with E-state index >= 15 is 0 Å². The van der Waals surface area contributed by atoms with Crippen molar-refractivity contribution in [1.29, 1.82) is 0 Å². The topological polar surface area (TPSA) is 267 Å². The molecule has 4 amide bonds. The first-order valence-corrected chi connectivity index (χ1v) is 30.6. The largest absolute Gasteiger partial charge is 0.508 e. The Hall–Kier alpha value is -7.84. The fourth-order valence-corrected chi connectivity index (χ4v) is 11.3. The third kappa shape index (κ3) is 19.6. The number of nitrogens with one attached hydrogen (secondary N) is 3. The number of phenolic OH excluding ortho intramolecular Hbond substituents is 2. The van der Waals surface area contributed by atoms with E-state index in [-0.39, 0.29) is 56.2 Å². The molecule has 0 bridgehead atoms. The van der Waals surface area contributed by atoms with Crippen LogP contribution in [0, 0.1) is 12.3 Å². The van der Waals surface area contributed by atoms with Gasteiger partial charge in [0.2, 0.25) is 17.7 Å². The first kappa shape index (κ1) is 66.1. The summed E-state index contributed by atoms with van der Waals surface area (Å²) in [6.07, 6.45) is 0.726. The molecular formula is C65H76N6O15S2. The molecule has 0 saturated carbocycles. The van der Waals surface area contributed by atoms with Gasteiger partial charge in [0, 0.05) is 28.6 Å². The highest BCUT2D eigenvalue weighted by atomic mass is 32.1. The van der Waals surface area contributed by atoms with Crippen molar-refractivity contribution in [2.24, 2.45) is 10.5 Å². The standard InChI is InChI=1S/C65H76N6O15S2/c1-42(45-8-10-46(11-9-45)59-43(2)66-41-87-59)68-63(77)55-36-51(74)39-71(55)64(78)61(65(3,4)5)69-57(75)40-84-33-32-82-29-28-80-25-24-79-26-27-81-30-31-83-34-35-85-52-19-6-44(7-20-52)38-67-70-62(76)48-14-21-53(22-15-48)86-58-54-23-18-50(73)37-56(54)88-60(58)47-12-16-49(72)17-13-47/h6-23,37-38,41-42,51,55,61,72-74H,24-36,39-40H2,1-5H3,(H,68,77)(H,69,75)(H,70,76). The molecule has 1 fully saturated rings. The van der Waals surface area contributed by atoms with Gasteiger partial charge in [0.05, 0.1) is 112 Å². The van der Waals surface area contributed by atoms with Crippen molar-refractivity contribution in [2.45, 2.75) is 65.3 Å². The molecule has 4 atom stereocenters. The van der Waals surface area contributed by atoms with Crippen molar-refractivity contribution in [1.82, 2.24) is 25.9 Å². The zero-order valence-electron chi connectivity index (χ0n) is 49.9. The molecule has 2 aromatic heterocycles. The van der Waals surface area contributed by atoms with E-state index in [1.165, 1.54) is 22.5 Å². The minimum Gasteiger partial charge on any atom is -0.508 e. The highest BCUT2D eigenvalue weighted by molar-refractivity contribution is 7.22. The van der Waals surface area contributed by atoms with Gasteiger partial charge in [0.1, 0.15) is 48.3 Å². The number of thiazole rings is 1. The van der Waals surface area contributed by atoms with Crippen LogP contribution in [-0.4, -0.2) is 166 Å². The Balaban J connectivity index is 0.602. The summed E-state index contributed by atoms with van der Waals surface area (Å²) in [6.45, 7) is 13.1. The fourth-order valence-electron chi connectivity index (χ4n) is 9.34. The van der Waals surface area contributed by atoms with Gasteiger partial charge in [-0.2, -0.15) is 5.10 Å². The van der Waals surface area contributed by atoms with Crippen molar-refractivity contribution in [3.8, 4) is 49.6 Å². The first-order valence-electron chi connectivity index (χ1n) is 28.9. The number of aliphatic hydroxyl groups is 1. The predicted octanol–water partition coefficient (Wildman–Crippen LogP) is 8.82. The lowest BCUT2D eigenvalue weighted by atomic mass is 9.85. The number of carbonyl (C=O) groups is 4. The molecule has 468 valence electrons. The van der Waals surface area contributed by atoms with Gasteiger partial charge in [-0.15, -0.1) is 22.7 Å². The minimum atomic E-state index is -0.982. The van der Waals surface area contributed by atoms with E-state index in [1.807, 2.05) is 76.5 Å². The van der Waals surface area contributed by atoms with Crippen molar-refractivity contribution in [3.05, 3.63) is 143 Å². The second kappa shape index (κ2) is 32.9. The molecule has 0 spiro atoms. The molecular weight excluding hydrogens is 1170 g/mol. The maximum atomic E-state index is 14.0. The lowest BCUT2D eigenvalue weighted by molar-refractivity contribution is -0.144. The Morgan fingerprint density at radius 3 is 1.88 bits per heavy atom. The van der Waals surface area contributed by atoms with Crippen LogP contribution in [0.1, 0.15) is 67.3 Å². The van der Waals surface area contributed by atoms with E-state index in [2.05, 4.69) is 26.1 Å². The number of thiophene rings is 1. The number of hydrogen-bond acceptors (Lipinski definition) is 19. The third-order valence-electron chi connectivity index (χ3n) is 14.0. The number of amides is 4. The summed E-state index contributed by atoms with van der Waals surface area (Å²) in [6, 6.07) is 31.5. The molecule has 4 unspecified atom stereocenters. The predicted molar refractivity (Wildman–Crippen MR) is 335 cm³/mol. The molecule has 1 aliphatic rings. The van der Waals surface area contributed by atoms with Crippen molar-refractivity contribution >= 4 is 62.6 Å². The number of β-amino-alcohol motifs (C(OH)–C–C–N with tert-alkyl or cyclic N) is 1. The highest BCUT2D eigenvalue weighted by Crippen LogP contribution is 2.47. The molecule has 6 N–H and O–H groups in total. The number of aliphatic hydroxyl groups excluding tert-OH is 1. The van der Waals surface area contributed by atoms with Crippen molar-refractivity contribution < 1.29 is 72.4 Å². The minimum absolute atomic E-state index is 0.0311. The molecule has 23 heteroatoms. The van der Waals surface area contributed by atoms with Crippen LogP contribution in [0.15, 0.2) is 126 Å². The molecule has 5 aromatic carbocycles. The molecule has 88 heavy (non-hydrogen) atoms. The maximum Gasteiger partial charge on any atom is 0.271 e. The molecule has 21 nitrogen and oxygen atoms in total. The average Bonchev–Trinajstić information content (AvgIpc) is 1.94. The van der Waals surface area contributed by atoms with Crippen LogP contribution in [0.5, 0.6) is 28.7 Å². The number of hydrogen-bond donors (Lipinski definition) is 6. The van der Waals surface area contributed by atoms with E-state index in [0.29, 0.717) is 88.9 Å². The number of nitrogens with zero attached hydrogens (tertiary/aromatic N) is 3. The Morgan fingerprint density at radius 1 is 0.705 bits per heavy atom. The number of hydrazone groups is 1. The van der Waals surface area contributed by atoms with Gasteiger partial charge in [-0.1, -0.05) is 45.0 Å². The normalized spacial score (nSPS) is 14.9. The average molecular weight is 1250 g/mol. The first-order chi connectivity index (χ1) is 42.5. The number of likely N-dealkylation sites (tertiary alicyclic amines) is 1. The van der Waals surface area contributed by atoms with Gasteiger partial charge in [-0.05, 0) is 133 Å². The summed E-state index contributed by atoms with van der Waals surface area (Å²) in [5.74, 6) is 0.339. The van der Waals surface area contributed by atoms with Gasteiger partial charge >= 0.3 is 0 Å². The van der Waals surface area contributed by atoms with Gasteiger partial charge < -0.3 is 68.7 Å². The van der Waals surface area contributed by atoms with E-state index in [4.69, 9.17) is 37.9 Å². The molecule has 8 rings (SSSR count). The zero-order valence-corrected chi connectivity index (χ0v) is 51.6. The lowest BCUT2D eigenvalue weighted by Crippen LogP contribution is -2.58. The Labute approximate surface area is 519 Å². The summed E-state index contributed by atoms with van der Waals surface area (Å²) in [5, 5.41) is 41.2. The zero-order chi connectivity index (χ0) is 62.4. The lowest BCUT2D eigenvalue weighted by Gasteiger charge is -2.35. The summed E-state index contributed by atoms with van der Waals surface area (Å²) in [7, 11) is 0. The quantitative estimate of drug-likeness (QED) is 0.0127. The summed E-state index contributed by atoms with van der Waals surface area (Å²) < 4.78 is 46.4. The molecule has 0 aliphatic carbocycles. The van der Waals surface area contributed by atoms with Crippen LogP contribution in [0.3, 0.4) is 0 Å². The number of phenols is 2. The summed E-state index contributed by atoms with van der Waals surface area (Å²) >= 11 is 3.03. The van der Waals surface area contributed by atoms with Crippen LogP contribution in [0.4, 0.5) is 0 Å². The van der Waals surface area contributed by atoms with Crippen molar-refractivity contribution in [3.63, 3.8) is 0 Å². The van der Waals surface area contributed by atoms with Crippen LogP contribution in [0.2, 0.25) is 0 Å². The van der Waals surface area contributed by atoms with Gasteiger partial charge in [0.15, 0.2) is 5.75 Å². The smallest absolute Gasteiger partial charge is 0.271 e. The molecule has 7 aromatic rings. The number of benzene rings is 5. The highest BCUT2D eigenvalue weighted by Gasteiger charge is 2.45. The van der Waals surface area contributed by atoms with Crippen LogP contribution in [-0.2, 0) is 42.8 Å². The van der Waals surface area contributed by atoms with E-state index < -0.39 is 41.3 Å². The summed E-state index contributed by atoms with van der Waals surface area (Å²) in [5.41, 5.74) is 8.52. The van der Waals surface area contributed by atoms with Gasteiger partial charge in [-0.3, -0.25) is 19.2 Å². The number of ether oxygens (including phenoxy) is 8. The number of rotatable bonds is 33. The Bertz CT molecular complexity index is 3390. The van der Waals surface area contributed by atoms with Crippen molar-refractivity contribution in [2.75, 3.05) is 92.4 Å². The fraction of sp³-hybridized carbons (Fsp3) is 0.385. The van der Waals surface area contributed by atoms with Gasteiger partial charge in [0.25, 0.3) is 5.91 Å². The number of aromatic nitrogens is 1. The maximum absolute atomic E-state index is 14.0. The monoisotopic (exact) mass is 1240 g/mol. The third-order valence-corrected chi connectivity index (χ3v) is 16.2. The number of carbonyl (C=O) groups excluding carboxylic acids is 4. The van der Waals surface area contributed by atoms with Crippen LogP contribution >= 0.6 is 22.7 Å². The summed E-state index contributed by atoms with van der Waals surface area (Å²) in [4.78, 5) is 61.2. The van der Waals surface area contributed by atoms with Gasteiger partial charge in [-0.25, -0.2) is 10.4 Å². The molecule has 1 aliphatic heterocycles. The van der Waals surface area contributed by atoms with E-state index in [9.17, 15) is 34.5 Å². The molecule has 3 heterocycles. The van der Waals surface area contributed by atoms with Crippen LogP contribution in [0.25, 0.3) is 31.0 Å². The van der Waals surface area contributed by atoms with E-state index in [1.54, 1.807) is 90.2 Å². The Kier molecular flexibility index (Phi) is 24.8. The number of fused-ring (bicyclic) bond motifs is 1. The SMILES string of the molecule is Cc1ncsc1-c1ccc(C(C)NC(=O)C2CC(O)CN2C(=O)C(NC(=O)COCCOCCOCCOCCOCCOCCOc2ccc(C=NNC(=O)c3ccc(Oc4c(-c5ccc(O)cc5)sc5cc(O)ccc45)cc3)cc2)C(C)(C)C)cc1. The number of aromatic hydroxyl groups is 2. The van der Waals surface area contributed by atoms with E-state index in [0.717, 1.165) is 47.8 Å². The second-order valence-corrected chi connectivity index (χ2v) is 23.6. The number of aryl methyl sites for hydroxylation is 1. The second-order valence-electron chi connectivity index (χ2n) is 21.7. The van der Waals surface area contributed by atoms with Crippen LogP contribution < -0.4 is 25.5 Å².